The highest BCUT2D eigenvalue weighted by Crippen LogP contribution is 2.34. The van der Waals surface area contributed by atoms with Gasteiger partial charge in [-0.3, -0.25) is 14.4 Å². The molecule has 6 nitrogen and oxygen atoms in total. The quantitative estimate of drug-likeness (QED) is 0.258. The number of benzene rings is 3. The zero-order valence-electron chi connectivity index (χ0n) is 17.0. The topological polar surface area (TPSA) is 78.9 Å². The van der Waals surface area contributed by atoms with Gasteiger partial charge in [0.25, 0.3) is 0 Å². The van der Waals surface area contributed by atoms with E-state index in [0.717, 1.165) is 16.7 Å². The highest BCUT2D eigenvalue weighted by molar-refractivity contribution is 6.55. The molecule has 0 atom stereocenters. The van der Waals surface area contributed by atoms with Crippen molar-refractivity contribution in [2.45, 2.75) is 19.8 Å². The minimum absolute atomic E-state index is 0.180. The fourth-order valence-corrected chi connectivity index (χ4v) is 3.21. The number of esters is 2. The molecule has 3 rings (SSSR count). The average Bonchev–Trinajstić information content (AvgIpc) is 2.71. The van der Waals surface area contributed by atoms with E-state index in [0.29, 0.717) is 17.2 Å². The third-order valence-electron chi connectivity index (χ3n) is 4.38. The van der Waals surface area contributed by atoms with Crippen LogP contribution in [0.15, 0.2) is 72.8 Å². The summed E-state index contributed by atoms with van der Waals surface area (Å²) < 4.78 is 15.1. The van der Waals surface area contributed by atoms with E-state index in [2.05, 4.69) is 0 Å². The van der Waals surface area contributed by atoms with E-state index in [1.807, 2.05) is 36.4 Å². The number of carbonyl (C=O) groups is 3. The summed E-state index contributed by atoms with van der Waals surface area (Å²) in [6, 6.07) is 21.4. The van der Waals surface area contributed by atoms with Crippen LogP contribution in [0.3, 0.4) is 0 Å². The highest BCUT2D eigenvalue weighted by Gasteiger charge is 2.18. The first kappa shape index (κ1) is 21.8. The van der Waals surface area contributed by atoms with Gasteiger partial charge in [0.2, 0.25) is 13.7 Å². The van der Waals surface area contributed by atoms with E-state index in [9.17, 15) is 14.4 Å². The van der Waals surface area contributed by atoms with Crippen molar-refractivity contribution in [3.05, 3.63) is 89.5 Å². The minimum Gasteiger partial charge on any atom is -0.436 e. The Morgan fingerprint density at radius 3 is 1.13 bits per heavy atom. The second-order valence-electron chi connectivity index (χ2n) is 6.75. The Morgan fingerprint density at radius 1 is 0.581 bits per heavy atom. The van der Waals surface area contributed by atoms with Crippen molar-refractivity contribution in [3.8, 4) is 17.2 Å². The van der Waals surface area contributed by atoms with Crippen LogP contribution in [0.5, 0.6) is 17.2 Å². The summed E-state index contributed by atoms with van der Waals surface area (Å²) in [7, 11) is 5.07. The van der Waals surface area contributed by atoms with E-state index < -0.39 is 17.8 Å². The van der Waals surface area contributed by atoms with Gasteiger partial charge in [-0.2, -0.15) is 0 Å². The second-order valence-corrected chi connectivity index (χ2v) is 6.75. The molecule has 2 radical (unpaired) electrons. The van der Waals surface area contributed by atoms with Gasteiger partial charge in [-0.05, 0) is 53.1 Å². The molecule has 0 aliphatic rings. The minimum atomic E-state index is -0.883. The molecular formula is C24H19BO6. The Bertz CT molecular complexity index is 931. The third-order valence-corrected chi connectivity index (χ3v) is 4.38. The molecular weight excluding hydrogens is 395 g/mol. The van der Waals surface area contributed by atoms with Crippen LogP contribution in [0.2, 0.25) is 0 Å². The van der Waals surface area contributed by atoms with E-state index in [-0.39, 0.29) is 5.92 Å². The number of ether oxygens (including phenoxy) is 3. The largest absolute Gasteiger partial charge is 0.436 e. The van der Waals surface area contributed by atoms with Gasteiger partial charge < -0.3 is 14.2 Å². The van der Waals surface area contributed by atoms with Crippen molar-refractivity contribution in [2.75, 3.05) is 0 Å². The lowest BCUT2D eigenvalue weighted by Crippen LogP contribution is -2.07. The van der Waals surface area contributed by atoms with Crippen LogP contribution in [0.25, 0.3) is 0 Å². The van der Waals surface area contributed by atoms with Gasteiger partial charge in [-0.1, -0.05) is 36.4 Å². The molecule has 0 fully saturated rings. The van der Waals surface area contributed by atoms with Crippen LogP contribution in [0, 0.1) is 0 Å². The van der Waals surface area contributed by atoms with Gasteiger partial charge in [-0.15, -0.1) is 0 Å². The molecule has 0 aliphatic carbocycles. The molecule has 0 saturated carbocycles. The molecule has 3 aromatic rings. The molecule has 0 saturated heterocycles. The van der Waals surface area contributed by atoms with Crippen LogP contribution in [0.1, 0.15) is 36.5 Å². The molecule has 3 aromatic carbocycles. The number of carbonyl (C=O) groups excluding carboxylic acids is 3. The summed E-state index contributed by atoms with van der Waals surface area (Å²) in [6.07, 6.45) is 0. The van der Waals surface area contributed by atoms with Crippen molar-refractivity contribution >= 4 is 25.7 Å². The van der Waals surface area contributed by atoms with Crippen LogP contribution in [-0.2, 0) is 9.59 Å². The van der Waals surface area contributed by atoms with Gasteiger partial charge in [0.15, 0.2) is 0 Å². The van der Waals surface area contributed by atoms with E-state index in [1.54, 1.807) is 36.4 Å². The van der Waals surface area contributed by atoms with Crippen LogP contribution < -0.4 is 14.2 Å². The lowest BCUT2D eigenvalue weighted by atomic mass is 9.85. The third kappa shape index (κ3) is 6.06. The van der Waals surface area contributed by atoms with E-state index >= 15 is 0 Å². The normalized spacial score (nSPS) is 10.4. The van der Waals surface area contributed by atoms with Crippen molar-refractivity contribution in [3.63, 3.8) is 0 Å². The summed E-state index contributed by atoms with van der Waals surface area (Å²) in [5.41, 5.74) is 2.82. The lowest BCUT2D eigenvalue weighted by Gasteiger charge is -2.20. The lowest BCUT2D eigenvalue weighted by molar-refractivity contribution is -0.132. The molecule has 0 bridgehead atoms. The van der Waals surface area contributed by atoms with Gasteiger partial charge >= 0.3 is 11.9 Å². The zero-order chi connectivity index (χ0) is 22.4. The number of hydrogen-bond donors (Lipinski definition) is 0. The van der Waals surface area contributed by atoms with E-state index in [4.69, 9.17) is 22.1 Å². The van der Waals surface area contributed by atoms with Crippen LogP contribution in [-0.4, -0.2) is 25.7 Å². The maximum Gasteiger partial charge on any atom is 0.308 e. The van der Waals surface area contributed by atoms with Crippen molar-refractivity contribution in [1.29, 1.82) is 0 Å². The summed E-state index contributed by atoms with van der Waals surface area (Å²) in [5, 5.41) is 0. The first-order chi connectivity index (χ1) is 14.8. The maximum atomic E-state index is 11.2. The Balaban J connectivity index is 1.98. The summed E-state index contributed by atoms with van der Waals surface area (Å²) in [5.74, 6) is -0.612. The van der Waals surface area contributed by atoms with Crippen LogP contribution in [0.4, 0.5) is 4.79 Å². The standard InChI is InChI=1S/C24H19BO6/c1-15(26)29-20-9-3-17(4-10-20)23(18-5-11-21(12-6-18)30-16(2)27)19-7-13-22(14-8-19)31-24(25)28/h3-14,23H,1-2H3. The fraction of sp³-hybridized carbons (Fsp3) is 0.125. The van der Waals surface area contributed by atoms with Gasteiger partial charge in [-0.25, -0.2) is 0 Å². The SMILES string of the molecule is [B]C(=O)Oc1ccc(C(c2ccc(OC(C)=O)cc2)c2ccc(OC(C)=O)cc2)cc1. The van der Waals surface area contributed by atoms with Crippen molar-refractivity contribution in [2.24, 2.45) is 0 Å². The molecule has 154 valence electrons. The zero-order valence-corrected chi connectivity index (χ0v) is 17.0. The summed E-state index contributed by atoms with van der Waals surface area (Å²) >= 11 is 0. The molecule has 0 heterocycles. The number of rotatable bonds is 6. The predicted molar refractivity (Wildman–Crippen MR) is 115 cm³/mol. The van der Waals surface area contributed by atoms with E-state index in [1.165, 1.54) is 13.8 Å². The Kier molecular flexibility index (Phi) is 6.87. The molecule has 31 heavy (non-hydrogen) atoms. The monoisotopic (exact) mass is 414 g/mol. The molecule has 0 aromatic heterocycles. The fourth-order valence-electron chi connectivity index (χ4n) is 3.21. The molecule has 0 unspecified atom stereocenters. The molecule has 7 heteroatoms. The Morgan fingerprint density at radius 2 is 0.871 bits per heavy atom. The van der Waals surface area contributed by atoms with Crippen molar-refractivity contribution in [1.82, 2.24) is 0 Å². The van der Waals surface area contributed by atoms with Gasteiger partial charge in [0.1, 0.15) is 17.2 Å². The Hall–Kier alpha value is -3.87. The molecule has 0 aliphatic heterocycles. The van der Waals surface area contributed by atoms with Gasteiger partial charge in [0, 0.05) is 19.8 Å². The number of hydrogen-bond acceptors (Lipinski definition) is 6. The van der Waals surface area contributed by atoms with Crippen LogP contribution >= 0.6 is 0 Å². The predicted octanol–water partition coefficient (Wildman–Crippen LogP) is 4.38. The first-order valence-corrected chi connectivity index (χ1v) is 9.46. The average molecular weight is 414 g/mol. The maximum absolute atomic E-state index is 11.2. The smallest absolute Gasteiger partial charge is 0.308 e. The first-order valence-electron chi connectivity index (χ1n) is 9.46. The van der Waals surface area contributed by atoms with Crippen molar-refractivity contribution < 1.29 is 28.6 Å². The molecule has 0 spiro atoms. The Labute approximate surface area is 181 Å². The second kappa shape index (κ2) is 9.76. The molecule has 0 amide bonds. The summed E-state index contributed by atoms with van der Waals surface area (Å²) in [4.78, 5) is 33.4. The molecule has 0 N–H and O–H groups in total. The van der Waals surface area contributed by atoms with Gasteiger partial charge in [0.05, 0.1) is 0 Å². The highest BCUT2D eigenvalue weighted by atomic mass is 16.5. The summed E-state index contributed by atoms with van der Waals surface area (Å²) in [6.45, 7) is 2.69.